The van der Waals surface area contributed by atoms with Gasteiger partial charge < -0.3 is 4.90 Å². The lowest BCUT2D eigenvalue weighted by molar-refractivity contribution is 0.0713. The molecule has 8 heteroatoms. The Balaban J connectivity index is 1.27. The van der Waals surface area contributed by atoms with Gasteiger partial charge in [0.15, 0.2) is 0 Å². The van der Waals surface area contributed by atoms with E-state index < -0.39 is 0 Å². The van der Waals surface area contributed by atoms with E-state index in [2.05, 4.69) is 5.10 Å². The van der Waals surface area contributed by atoms with Crippen molar-refractivity contribution in [1.82, 2.24) is 19.7 Å². The van der Waals surface area contributed by atoms with E-state index >= 15 is 0 Å². The van der Waals surface area contributed by atoms with Crippen LogP contribution in [0.3, 0.4) is 0 Å². The maximum atomic E-state index is 13.0. The Hall–Kier alpha value is -2.41. The van der Waals surface area contributed by atoms with Gasteiger partial charge in [0.05, 0.1) is 37.7 Å². The lowest BCUT2D eigenvalue weighted by Crippen LogP contribution is -2.37. The minimum absolute atomic E-state index is 0.00263. The summed E-state index contributed by atoms with van der Waals surface area (Å²) in [5.41, 5.74) is 2.28. The number of nitrogens with zero attached hydrogens (tertiary/aromatic N) is 4. The van der Waals surface area contributed by atoms with Crippen LogP contribution < -0.4 is 0 Å². The van der Waals surface area contributed by atoms with Gasteiger partial charge in [-0.1, -0.05) is 35.3 Å². The monoisotopic (exact) mass is 456 g/mol. The first kappa shape index (κ1) is 19.5. The van der Waals surface area contributed by atoms with Crippen molar-refractivity contribution in [2.45, 2.75) is 18.8 Å². The fraction of sp³-hybridized carbons (Fsp3) is 0.227. The van der Waals surface area contributed by atoms with Crippen LogP contribution in [0.4, 0.5) is 0 Å². The molecule has 30 heavy (non-hydrogen) atoms. The average Bonchev–Trinajstić information content (AvgIpc) is 3.41. The maximum Gasteiger partial charge on any atom is 0.257 e. The van der Waals surface area contributed by atoms with Crippen LogP contribution in [0.5, 0.6) is 0 Å². The number of aromatic nitrogens is 3. The van der Waals surface area contributed by atoms with Gasteiger partial charge in [-0.15, -0.1) is 11.3 Å². The van der Waals surface area contributed by atoms with E-state index in [0.717, 1.165) is 33.8 Å². The summed E-state index contributed by atoms with van der Waals surface area (Å²) in [7, 11) is 0. The maximum absolute atomic E-state index is 13.0. The summed E-state index contributed by atoms with van der Waals surface area (Å²) in [6.45, 7) is 1.41. The minimum atomic E-state index is 0.00263. The molecule has 0 saturated carbocycles. The number of benzene rings is 2. The highest BCUT2D eigenvalue weighted by atomic mass is 35.5. The van der Waals surface area contributed by atoms with Crippen molar-refractivity contribution in [2.24, 2.45) is 0 Å². The Morgan fingerprint density at radius 2 is 1.90 bits per heavy atom. The van der Waals surface area contributed by atoms with Crippen LogP contribution in [0.25, 0.3) is 15.9 Å². The topological polar surface area (TPSA) is 51.0 Å². The van der Waals surface area contributed by atoms with Gasteiger partial charge >= 0.3 is 0 Å². The number of fused-ring (bicyclic) bond motifs is 1. The molecule has 2 aromatic carbocycles. The van der Waals surface area contributed by atoms with E-state index in [4.69, 9.17) is 28.2 Å². The highest BCUT2D eigenvalue weighted by Crippen LogP contribution is 2.35. The first-order valence-electron chi connectivity index (χ1n) is 9.73. The van der Waals surface area contributed by atoms with Crippen LogP contribution in [0, 0.1) is 0 Å². The van der Waals surface area contributed by atoms with Gasteiger partial charge in [-0.05, 0) is 43.2 Å². The van der Waals surface area contributed by atoms with E-state index in [-0.39, 0.29) is 5.91 Å². The number of hydrogen-bond acceptors (Lipinski definition) is 4. The number of carbonyl (C=O) groups excluding carboxylic acids is 1. The molecule has 0 atom stereocenters. The molecule has 1 amide bonds. The van der Waals surface area contributed by atoms with Crippen LogP contribution in [0.2, 0.25) is 10.0 Å². The number of halogens is 2. The molecule has 0 aliphatic carbocycles. The molecule has 0 N–H and O–H groups in total. The normalized spacial score (nSPS) is 15.1. The molecule has 3 heterocycles. The third kappa shape index (κ3) is 3.71. The van der Waals surface area contributed by atoms with Crippen molar-refractivity contribution in [3.63, 3.8) is 0 Å². The summed E-state index contributed by atoms with van der Waals surface area (Å²) in [5, 5.41) is 6.75. The summed E-state index contributed by atoms with van der Waals surface area (Å²) >= 11 is 14.0. The lowest BCUT2D eigenvalue weighted by Gasteiger charge is -2.30. The smallest absolute Gasteiger partial charge is 0.257 e. The van der Waals surface area contributed by atoms with Crippen molar-refractivity contribution < 1.29 is 4.79 Å². The van der Waals surface area contributed by atoms with Crippen LogP contribution >= 0.6 is 34.5 Å². The third-order valence-corrected chi connectivity index (χ3v) is 7.18. The van der Waals surface area contributed by atoms with Crippen LogP contribution in [-0.2, 0) is 0 Å². The zero-order valence-corrected chi connectivity index (χ0v) is 18.3. The predicted octanol–water partition coefficient (Wildman–Crippen LogP) is 5.81. The fourth-order valence-corrected chi connectivity index (χ4v) is 5.31. The lowest BCUT2D eigenvalue weighted by atomic mass is 9.97. The largest absolute Gasteiger partial charge is 0.339 e. The molecule has 0 unspecified atom stereocenters. The van der Waals surface area contributed by atoms with Gasteiger partial charge in [0.25, 0.3) is 5.91 Å². The summed E-state index contributed by atoms with van der Waals surface area (Å²) in [6.07, 6.45) is 5.15. The first-order chi connectivity index (χ1) is 14.6. The highest BCUT2D eigenvalue weighted by molar-refractivity contribution is 7.18. The van der Waals surface area contributed by atoms with Crippen molar-refractivity contribution >= 4 is 50.7 Å². The van der Waals surface area contributed by atoms with Gasteiger partial charge in [-0.2, -0.15) is 5.10 Å². The molecule has 0 radical (unpaired) electrons. The summed E-state index contributed by atoms with van der Waals surface area (Å²) in [5.74, 6) is 0.374. The Kier molecular flexibility index (Phi) is 5.23. The number of amides is 1. The molecule has 1 aliphatic heterocycles. The van der Waals surface area contributed by atoms with Gasteiger partial charge in [-0.3, -0.25) is 4.79 Å². The standard InChI is InChI=1S/C22H18Cl2N4OS/c23-16-5-6-20-18(11-16)26-21(30-20)14-7-9-27(10-8-14)22(29)15-12-25-28(13-15)19-4-2-1-3-17(19)24/h1-6,11-14H,7-10H2. The predicted molar refractivity (Wildman–Crippen MR) is 121 cm³/mol. The summed E-state index contributed by atoms with van der Waals surface area (Å²) < 4.78 is 2.80. The summed E-state index contributed by atoms with van der Waals surface area (Å²) in [6, 6.07) is 13.3. The third-order valence-electron chi connectivity index (χ3n) is 5.43. The van der Waals surface area contributed by atoms with Gasteiger partial charge in [-0.25, -0.2) is 9.67 Å². The van der Waals surface area contributed by atoms with Crippen LogP contribution in [0.1, 0.15) is 34.1 Å². The van der Waals surface area contributed by atoms with Crippen LogP contribution in [-0.4, -0.2) is 38.7 Å². The van der Waals surface area contributed by atoms with E-state index in [1.165, 1.54) is 0 Å². The molecule has 152 valence electrons. The molecule has 0 bridgehead atoms. The molecule has 1 aliphatic rings. The molecule has 2 aromatic heterocycles. The SMILES string of the molecule is O=C(c1cnn(-c2ccccc2Cl)c1)N1CCC(c2nc3cc(Cl)ccc3s2)CC1. The number of piperidine rings is 1. The van der Waals surface area contributed by atoms with Crippen molar-refractivity contribution in [1.29, 1.82) is 0 Å². The van der Waals surface area contributed by atoms with E-state index in [1.54, 1.807) is 34.5 Å². The zero-order valence-electron chi connectivity index (χ0n) is 16.0. The Bertz CT molecular complexity index is 1230. The minimum Gasteiger partial charge on any atom is -0.339 e. The van der Waals surface area contributed by atoms with Gasteiger partial charge in [0, 0.05) is 30.2 Å². The molecule has 0 spiro atoms. The molecule has 1 saturated heterocycles. The zero-order chi connectivity index (χ0) is 20.7. The molecular weight excluding hydrogens is 439 g/mol. The second kappa shape index (κ2) is 8.02. The fourth-order valence-electron chi connectivity index (χ4n) is 3.81. The van der Waals surface area contributed by atoms with E-state index in [1.807, 2.05) is 41.3 Å². The summed E-state index contributed by atoms with van der Waals surface area (Å²) in [4.78, 5) is 19.6. The number of hydrogen-bond donors (Lipinski definition) is 0. The Morgan fingerprint density at radius 3 is 2.70 bits per heavy atom. The molecule has 5 nitrogen and oxygen atoms in total. The number of likely N-dealkylation sites (tertiary alicyclic amines) is 1. The number of carbonyl (C=O) groups is 1. The molecular formula is C22H18Cl2N4OS. The van der Waals surface area contributed by atoms with Crippen molar-refractivity contribution in [2.75, 3.05) is 13.1 Å². The quantitative estimate of drug-likeness (QED) is 0.390. The molecule has 5 rings (SSSR count). The van der Waals surface area contributed by atoms with Gasteiger partial charge in [0.1, 0.15) is 0 Å². The first-order valence-corrected chi connectivity index (χ1v) is 11.3. The van der Waals surface area contributed by atoms with Crippen LogP contribution in [0.15, 0.2) is 54.9 Å². The number of para-hydroxylation sites is 1. The van der Waals surface area contributed by atoms with Crippen molar-refractivity contribution in [3.05, 3.63) is 75.5 Å². The molecule has 4 aromatic rings. The van der Waals surface area contributed by atoms with E-state index in [0.29, 0.717) is 34.6 Å². The highest BCUT2D eigenvalue weighted by Gasteiger charge is 2.27. The van der Waals surface area contributed by atoms with Gasteiger partial charge in [0.2, 0.25) is 0 Å². The Labute approximate surface area is 187 Å². The van der Waals surface area contributed by atoms with Crippen molar-refractivity contribution in [3.8, 4) is 5.69 Å². The average molecular weight is 457 g/mol. The molecule has 1 fully saturated rings. The van der Waals surface area contributed by atoms with E-state index in [9.17, 15) is 4.79 Å². The Morgan fingerprint density at radius 1 is 1.10 bits per heavy atom. The second-order valence-corrected chi connectivity index (χ2v) is 9.26. The second-order valence-electron chi connectivity index (χ2n) is 7.36. The number of thiazole rings is 1. The number of rotatable bonds is 3.